The summed E-state index contributed by atoms with van der Waals surface area (Å²) >= 11 is 5.07. The molecule has 12 heavy (non-hydrogen) atoms. The maximum Gasteiger partial charge on any atom is 0.217 e. The van der Waals surface area contributed by atoms with Gasteiger partial charge < -0.3 is 4.90 Å². The van der Waals surface area contributed by atoms with Gasteiger partial charge in [0.25, 0.3) is 0 Å². The Morgan fingerprint density at radius 2 is 2.25 bits per heavy atom. The number of azo groups is 1. The van der Waals surface area contributed by atoms with Crippen LogP contribution in [0.3, 0.4) is 0 Å². The summed E-state index contributed by atoms with van der Waals surface area (Å²) in [4.78, 5) is 2.10. The van der Waals surface area contributed by atoms with Crippen LogP contribution < -0.4 is 0 Å². The predicted molar refractivity (Wildman–Crippen MR) is 53.1 cm³/mol. The Morgan fingerprint density at radius 3 is 2.75 bits per heavy atom. The zero-order valence-electron chi connectivity index (χ0n) is 7.82. The van der Waals surface area contributed by atoms with E-state index in [-0.39, 0.29) is 6.17 Å². The second kappa shape index (κ2) is 3.94. The highest BCUT2D eigenvalue weighted by Gasteiger charge is 2.27. The Labute approximate surface area is 78.9 Å². The van der Waals surface area contributed by atoms with E-state index in [1.807, 2.05) is 0 Å². The van der Waals surface area contributed by atoms with Crippen LogP contribution in [0.15, 0.2) is 10.2 Å². The van der Waals surface area contributed by atoms with Gasteiger partial charge in [-0.25, -0.2) is 0 Å². The van der Waals surface area contributed by atoms with Gasteiger partial charge in [0.15, 0.2) is 0 Å². The zero-order chi connectivity index (χ0) is 9.14. The lowest BCUT2D eigenvalue weighted by Crippen LogP contribution is -2.36. The molecule has 1 unspecified atom stereocenters. The zero-order valence-corrected chi connectivity index (χ0v) is 8.64. The smallest absolute Gasteiger partial charge is 0.217 e. The van der Waals surface area contributed by atoms with E-state index in [1.165, 1.54) is 0 Å². The summed E-state index contributed by atoms with van der Waals surface area (Å²) in [6, 6.07) is 0. The molecule has 4 heteroatoms. The molecule has 0 aromatic carbocycles. The van der Waals surface area contributed by atoms with Crippen molar-refractivity contribution in [3.63, 3.8) is 0 Å². The fourth-order valence-electron chi connectivity index (χ4n) is 1.30. The topological polar surface area (TPSA) is 28.0 Å². The normalized spacial score (nSPS) is 22.8. The van der Waals surface area contributed by atoms with Gasteiger partial charge in [0.1, 0.15) is 6.17 Å². The van der Waals surface area contributed by atoms with Gasteiger partial charge in [0.05, 0.1) is 0 Å². The molecule has 0 aromatic heterocycles. The summed E-state index contributed by atoms with van der Waals surface area (Å²) in [6.07, 6.45) is 1.27. The molecule has 1 aliphatic rings. The second-order valence-corrected chi connectivity index (χ2v) is 3.71. The molecule has 0 aliphatic carbocycles. The van der Waals surface area contributed by atoms with Gasteiger partial charge in [-0.2, -0.15) is 5.11 Å². The molecule has 0 amide bonds. The highest BCUT2D eigenvalue weighted by molar-refractivity contribution is 7.80. The average molecular weight is 185 g/mol. The van der Waals surface area contributed by atoms with Crippen LogP contribution in [0.5, 0.6) is 0 Å². The van der Waals surface area contributed by atoms with Crippen molar-refractivity contribution in [2.75, 3.05) is 6.54 Å². The van der Waals surface area contributed by atoms with E-state index in [0.717, 1.165) is 13.0 Å². The third-order valence-corrected chi connectivity index (χ3v) is 2.20. The highest BCUT2D eigenvalue weighted by Crippen LogP contribution is 2.20. The first-order valence-corrected chi connectivity index (χ1v) is 4.79. The van der Waals surface area contributed by atoms with Crippen LogP contribution in [0.25, 0.3) is 0 Å². The first-order valence-electron chi connectivity index (χ1n) is 4.38. The average Bonchev–Trinajstić information content (AvgIpc) is 2.34. The first kappa shape index (κ1) is 9.58. The second-order valence-electron chi connectivity index (χ2n) is 3.35. The molecule has 68 valence electrons. The Hall–Kier alpha value is -0.510. The van der Waals surface area contributed by atoms with Gasteiger partial charge >= 0.3 is 0 Å². The SMILES string of the molecule is CCCN1C(=S)N=NC1C(C)C. The van der Waals surface area contributed by atoms with E-state index in [4.69, 9.17) is 12.2 Å². The van der Waals surface area contributed by atoms with Crippen LogP contribution >= 0.6 is 12.2 Å². The molecule has 1 rings (SSSR count). The van der Waals surface area contributed by atoms with Crippen molar-refractivity contribution in [1.29, 1.82) is 0 Å². The summed E-state index contributed by atoms with van der Waals surface area (Å²) in [6.45, 7) is 7.38. The van der Waals surface area contributed by atoms with Gasteiger partial charge in [-0.05, 0) is 24.6 Å². The molecular formula is C8H15N3S. The highest BCUT2D eigenvalue weighted by atomic mass is 32.1. The van der Waals surface area contributed by atoms with Crippen molar-refractivity contribution < 1.29 is 0 Å². The van der Waals surface area contributed by atoms with E-state index in [9.17, 15) is 0 Å². The van der Waals surface area contributed by atoms with E-state index < -0.39 is 0 Å². The number of rotatable bonds is 3. The maximum absolute atomic E-state index is 5.07. The molecule has 1 aliphatic heterocycles. The van der Waals surface area contributed by atoms with Crippen molar-refractivity contribution >= 4 is 17.3 Å². The molecule has 0 saturated carbocycles. The summed E-state index contributed by atoms with van der Waals surface area (Å²) in [5.74, 6) is 0.487. The van der Waals surface area contributed by atoms with Crippen LogP contribution in [-0.2, 0) is 0 Å². The third kappa shape index (κ3) is 1.80. The van der Waals surface area contributed by atoms with Gasteiger partial charge in [0, 0.05) is 6.54 Å². The van der Waals surface area contributed by atoms with Crippen LogP contribution in [0, 0.1) is 5.92 Å². The summed E-state index contributed by atoms with van der Waals surface area (Å²) in [7, 11) is 0. The summed E-state index contributed by atoms with van der Waals surface area (Å²) in [5, 5.41) is 8.70. The quantitative estimate of drug-likeness (QED) is 0.632. The lowest BCUT2D eigenvalue weighted by atomic mass is 10.1. The van der Waals surface area contributed by atoms with Crippen molar-refractivity contribution in [3.8, 4) is 0 Å². The maximum atomic E-state index is 5.07. The number of hydrogen-bond acceptors (Lipinski definition) is 2. The minimum absolute atomic E-state index is 0.178. The van der Waals surface area contributed by atoms with Gasteiger partial charge in [0.2, 0.25) is 5.11 Å². The predicted octanol–water partition coefficient (Wildman–Crippen LogP) is 2.43. The van der Waals surface area contributed by atoms with Crippen molar-refractivity contribution in [1.82, 2.24) is 4.90 Å². The largest absolute Gasteiger partial charge is 0.322 e. The molecule has 0 aromatic rings. The molecule has 0 radical (unpaired) electrons. The molecule has 1 atom stereocenters. The lowest BCUT2D eigenvalue weighted by molar-refractivity contribution is 0.273. The molecule has 0 saturated heterocycles. The molecule has 0 fully saturated rings. The van der Waals surface area contributed by atoms with Gasteiger partial charge in [-0.3, -0.25) is 0 Å². The minimum atomic E-state index is 0.178. The fourth-order valence-corrected chi connectivity index (χ4v) is 1.55. The molecular weight excluding hydrogens is 170 g/mol. The van der Waals surface area contributed by atoms with Crippen LogP contribution in [-0.4, -0.2) is 22.7 Å². The van der Waals surface area contributed by atoms with Crippen molar-refractivity contribution in [2.24, 2.45) is 16.1 Å². The summed E-state index contributed by atoms with van der Waals surface area (Å²) in [5.41, 5.74) is 0. The van der Waals surface area contributed by atoms with Crippen LogP contribution in [0.4, 0.5) is 0 Å². The third-order valence-electron chi connectivity index (χ3n) is 1.89. The van der Waals surface area contributed by atoms with E-state index in [2.05, 4.69) is 35.9 Å². The van der Waals surface area contributed by atoms with Crippen LogP contribution in [0.1, 0.15) is 27.2 Å². The lowest BCUT2D eigenvalue weighted by Gasteiger charge is -2.24. The molecule has 1 heterocycles. The summed E-state index contributed by atoms with van der Waals surface area (Å²) < 4.78 is 0. The standard InChI is InChI=1S/C8H15N3S/c1-4-5-11-7(6(2)3)9-10-8(11)12/h6-7H,4-5H2,1-3H3. The monoisotopic (exact) mass is 185 g/mol. The molecule has 0 N–H and O–H groups in total. The Kier molecular flexibility index (Phi) is 3.14. The Bertz CT molecular complexity index is 200. The molecule has 0 bridgehead atoms. The van der Waals surface area contributed by atoms with E-state index in [0.29, 0.717) is 11.0 Å². The van der Waals surface area contributed by atoms with E-state index in [1.54, 1.807) is 0 Å². The molecule has 0 spiro atoms. The van der Waals surface area contributed by atoms with E-state index >= 15 is 0 Å². The fraction of sp³-hybridized carbons (Fsp3) is 0.875. The minimum Gasteiger partial charge on any atom is -0.322 e. The van der Waals surface area contributed by atoms with Crippen molar-refractivity contribution in [2.45, 2.75) is 33.4 Å². The number of hydrogen-bond donors (Lipinski definition) is 0. The van der Waals surface area contributed by atoms with Crippen molar-refractivity contribution in [3.05, 3.63) is 0 Å². The number of nitrogens with zero attached hydrogens (tertiary/aromatic N) is 3. The first-order chi connectivity index (χ1) is 5.66. The Balaban J connectivity index is 2.63. The van der Waals surface area contributed by atoms with Gasteiger partial charge in [-0.15, -0.1) is 5.11 Å². The van der Waals surface area contributed by atoms with Gasteiger partial charge in [-0.1, -0.05) is 20.8 Å². The number of thiocarbonyl (C=S) groups is 1. The molecule has 3 nitrogen and oxygen atoms in total. The Morgan fingerprint density at radius 1 is 1.58 bits per heavy atom. The van der Waals surface area contributed by atoms with Crippen LogP contribution in [0.2, 0.25) is 0 Å².